The van der Waals surface area contributed by atoms with Crippen molar-refractivity contribution in [1.29, 1.82) is 0 Å². The first kappa shape index (κ1) is 20.3. The number of carbonyl (C=O) groups is 1. The van der Waals surface area contributed by atoms with Crippen LogP contribution in [-0.4, -0.2) is 32.4 Å². The number of aromatic nitrogens is 1. The van der Waals surface area contributed by atoms with Gasteiger partial charge in [0, 0.05) is 25.0 Å². The molecule has 0 saturated carbocycles. The van der Waals surface area contributed by atoms with Crippen LogP contribution in [-0.2, 0) is 11.3 Å². The van der Waals surface area contributed by atoms with E-state index in [1.165, 1.54) is 0 Å². The second-order valence-electron chi connectivity index (χ2n) is 6.01. The first-order chi connectivity index (χ1) is 13.1. The van der Waals surface area contributed by atoms with Crippen LogP contribution in [0.3, 0.4) is 0 Å². The summed E-state index contributed by atoms with van der Waals surface area (Å²) in [6.45, 7) is 0.810. The Morgan fingerprint density at radius 2 is 1.56 bits per heavy atom. The highest BCUT2D eigenvalue weighted by Crippen LogP contribution is 2.38. The average Bonchev–Trinajstić information content (AvgIpc) is 2.69. The van der Waals surface area contributed by atoms with Crippen molar-refractivity contribution in [2.75, 3.05) is 21.3 Å². The van der Waals surface area contributed by atoms with Crippen molar-refractivity contribution >= 4 is 18.1 Å². The zero-order valence-corrected chi connectivity index (χ0v) is 16.0. The van der Waals surface area contributed by atoms with E-state index in [1.54, 1.807) is 21.3 Å². The Morgan fingerprint density at radius 1 is 0.963 bits per heavy atom. The van der Waals surface area contributed by atoms with Crippen LogP contribution in [0.15, 0.2) is 36.7 Å². The molecule has 0 aliphatic rings. The van der Waals surface area contributed by atoms with Gasteiger partial charge in [-0.1, -0.05) is 12.2 Å². The highest BCUT2D eigenvalue weighted by molar-refractivity contribution is 5.72. The van der Waals surface area contributed by atoms with Crippen LogP contribution in [0.4, 0.5) is 0 Å². The molecule has 1 aromatic heterocycles. The summed E-state index contributed by atoms with van der Waals surface area (Å²) in [4.78, 5) is 10.5. The second-order valence-corrected chi connectivity index (χ2v) is 6.01. The topological polar surface area (TPSA) is 68.9 Å². The number of hydrogen-bond acceptors (Lipinski definition) is 4. The van der Waals surface area contributed by atoms with E-state index in [9.17, 15) is 4.79 Å². The summed E-state index contributed by atoms with van der Waals surface area (Å²) in [6.07, 6.45) is 9.73. The van der Waals surface area contributed by atoms with E-state index in [0.29, 0.717) is 23.7 Å². The number of carboxylic acids is 1. The molecule has 1 N–H and O–H groups in total. The third kappa shape index (κ3) is 6.02. The summed E-state index contributed by atoms with van der Waals surface area (Å²) in [5.41, 5.74) is 2.00. The Balaban J connectivity index is 2.04. The van der Waals surface area contributed by atoms with E-state index < -0.39 is 5.97 Å². The molecule has 6 nitrogen and oxygen atoms in total. The molecule has 1 aromatic carbocycles. The Bertz CT molecular complexity index is 759. The molecule has 0 amide bonds. The fourth-order valence-electron chi connectivity index (χ4n) is 2.69. The Labute approximate surface area is 159 Å². The van der Waals surface area contributed by atoms with Crippen LogP contribution < -0.4 is 18.8 Å². The summed E-state index contributed by atoms with van der Waals surface area (Å²) >= 11 is 0. The van der Waals surface area contributed by atoms with Crippen LogP contribution in [0.1, 0.15) is 30.4 Å². The number of hydrogen-bond donors (Lipinski definition) is 1. The highest BCUT2D eigenvalue weighted by atomic mass is 16.5. The molecule has 0 fully saturated rings. The summed E-state index contributed by atoms with van der Waals surface area (Å²) in [7, 11) is 4.77. The number of unbranched alkanes of at least 4 members (excludes halogenated alkanes) is 1. The number of pyridine rings is 1. The largest absolute Gasteiger partial charge is 0.493 e. The SMILES string of the molecule is COc1cc(/C=C\c2cc[n+](CCCCC(=O)O)cc2)cc(OC)c1OC. The number of carboxylic acid groups (broad SMARTS) is 1. The van der Waals surface area contributed by atoms with Crippen LogP contribution in [0, 0.1) is 0 Å². The molecule has 2 rings (SSSR count). The normalized spacial score (nSPS) is 10.8. The molecular formula is C21H26NO5+. The second kappa shape index (κ2) is 10.2. The summed E-state index contributed by atoms with van der Waals surface area (Å²) in [5, 5.41) is 8.66. The summed E-state index contributed by atoms with van der Waals surface area (Å²) < 4.78 is 18.1. The minimum absolute atomic E-state index is 0.218. The van der Waals surface area contributed by atoms with Gasteiger partial charge in [-0.15, -0.1) is 0 Å². The van der Waals surface area contributed by atoms with E-state index in [4.69, 9.17) is 19.3 Å². The van der Waals surface area contributed by atoms with Crippen LogP contribution in [0.5, 0.6) is 17.2 Å². The predicted molar refractivity (Wildman–Crippen MR) is 103 cm³/mol. The van der Waals surface area contributed by atoms with Crippen LogP contribution in [0.25, 0.3) is 12.2 Å². The van der Waals surface area contributed by atoms with Crippen molar-refractivity contribution in [1.82, 2.24) is 0 Å². The Morgan fingerprint density at radius 3 is 2.07 bits per heavy atom. The van der Waals surface area contributed by atoms with Gasteiger partial charge < -0.3 is 19.3 Å². The number of benzene rings is 1. The first-order valence-electron chi connectivity index (χ1n) is 8.76. The summed E-state index contributed by atoms with van der Waals surface area (Å²) in [6, 6.07) is 7.82. The van der Waals surface area contributed by atoms with Crippen molar-refractivity contribution in [2.24, 2.45) is 0 Å². The number of nitrogens with zero attached hydrogens (tertiary/aromatic N) is 1. The maximum absolute atomic E-state index is 10.5. The monoisotopic (exact) mass is 372 g/mol. The number of rotatable bonds is 10. The van der Waals surface area contributed by atoms with E-state index in [-0.39, 0.29) is 6.42 Å². The van der Waals surface area contributed by atoms with Gasteiger partial charge in [0.05, 0.1) is 21.3 Å². The maximum Gasteiger partial charge on any atom is 0.303 e. The van der Waals surface area contributed by atoms with Gasteiger partial charge in [0.1, 0.15) is 6.54 Å². The van der Waals surface area contributed by atoms with Gasteiger partial charge in [-0.05, 0) is 29.7 Å². The van der Waals surface area contributed by atoms with Gasteiger partial charge in [0.25, 0.3) is 0 Å². The molecule has 0 saturated heterocycles. The fraction of sp³-hybridized carbons (Fsp3) is 0.333. The Hall–Kier alpha value is -3.02. The van der Waals surface area contributed by atoms with E-state index >= 15 is 0 Å². The van der Waals surface area contributed by atoms with Crippen molar-refractivity contribution in [2.45, 2.75) is 25.8 Å². The molecule has 0 aliphatic heterocycles. The zero-order chi connectivity index (χ0) is 19.6. The molecule has 6 heteroatoms. The van der Waals surface area contributed by atoms with Crippen LogP contribution in [0.2, 0.25) is 0 Å². The lowest BCUT2D eigenvalue weighted by Gasteiger charge is -2.12. The highest BCUT2D eigenvalue weighted by Gasteiger charge is 2.12. The third-order valence-corrected chi connectivity index (χ3v) is 4.13. The van der Waals surface area contributed by atoms with Gasteiger partial charge in [0.15, 0.2) is 23.9 Å². The van der Waals surface area contributed by atoms with E-state index in [2.05, 4.69) is 4.57 Å². The van der Waals surface area contributed by atoms with Gasteiger partial charge in [-0.2, -0.15) is 0 Å². The fourth-order valence-corrected chi connectivity index (χ4v) is 2.69. The van der Waals surface area contributed by atoms with Gasteiger partial charge in [0.2, 0.25) is 5.75 Å². The zero-order valence-electron chi connectivity index (χ0n) is 16.0. The van der Waals surface area contributed by atoms with Crippen molar-refractivity contribution in [3.63, 3.8) is 0 Å². The molecule has 27 heavy (non-hydrogen) atoms. The number of methoxy groups -OCH3 is 3. The van der Waals surface area contributed by atoms with Crippen molar-refractivity contribution in [3.8, 4) is 17.2 Å². The van der Waals surface area contributed by atoms with E-state index in [1.807, 2.05) is 48.8 Å². The third-order valence-electron chi connectivity index (χ3n) is 4.13. The lowest BCUT2D eigenvalue weighted by molar-refractivity contribution is -0.697. The lowest BCUT2D eigenvalue weighted by atomic mass is 10.1. The molecule has 2 aromatic rings. The molecule has 1 heterocycles. The number of aliphatic carboxylic acids is 1. The van der Waals surface area contributed by atoms with Crippen molar-refractivity contribution in [3.05, 3.63) is 47.8 Å². The van der Waals surface area contributed by atoms with Gasteiger partial charge >= 0.3 is 5.97 Å². The number of ether oxygens (including phenoxy) is 3. The average molecular weight is 372 g/mol. The summed E-state index contributed by atoms with van der Waals surface area (Å²) in [5.74, 6) is 1.06. The molecule has 0 atom stereocenters. The molecule has 144 valence electrons. The minimum atomic E-state index is -0.743. The van der Waals surface area contributed by atoms with Crippen LogP contribution >= 0.6 is 0 Å². The molecule has 0 bridgehead atoms. The standard InChI is InChI=1S/C21H25NO5/c1-25-18-14-17(15-19(26-2)21(18)27-3)8-7-16-9-12-22(13-10-16)11-5-4-6-20(23)24/h7-10,12-15H,4-6,11H2,1-3H3/p+1/b8-7-. The maximum atomic E-state index is 10.5. The molecule has 0 unspecified atom stereocenters. The van der Waals surface area contributed by atoms with Gasteiger partial charge in [-0.3, -0.25) is 4.79 Å². The first-order valence-corrected chi connectivity index (χ1v) is 8.76. The van der Waals surface area contributed by atoms with Gasteiger partial charge in [-0.25, -0.2) is 4.57 Å². The Kier molecular flexibility index (Phi) is 7.67. The molecule has 0 aliphatic carbocycles. The van der Waals surface area contributed by atoms with E-state index in [0.717, 1.165) is 24.1 Å². The smallest absolute Gasteiger partial charge is 0.303 e. The van der Waals surface area contributed by atoms with Crippen molar-refractivity contribution < 1.29 is 28.7 Å². The number of aryl methyl sites for hydroxylation is 1. The quantitative estimate of drug-likeness (QED) is 0.511. The molecule has 0 spiro atoms. The minimum Gasteiger partial charge on any atom is -0.493 e. The molecular weight excluding hydrogens is 346 g/mol. The lowest BCUT2D eigenvalue weighted by Crippen LogP contribution is -2.32. The predicted octanol–water partition coefficient (Wildman–Crippen LogP) is 3.43. The molecule has 0 radical (unpaired) electrons.